The molecule has 0 rings (SSSR count). The first kappa shape index (κ1) is 23.1. The average Bonchev–Trinajstić information content (AvgIpc) is 2.56. The number of rotatable bonds is 16. The highest BCUT2D eigenvalue weighted by atomic mass is 35.5. The number of ether oxygens (including phenoxy) is 1. The number of esters is 1. The normalized spacial score (nSPS) is 13.7. The van der Waals surface area contributed by atoms with Gasteiger partial charge in [-0.1, -0.05) is 71.1 Å². The summed E-state index contributed by atoms with van der Waals surface area (Å²) in [7, 11) is 1.43. The zero-order chi connectivity index (χ0) is 17.3. The second-order valence-corrected chi connectivity index (χ2v) is 7.59. The van der Waals surface area contributed by atoms with Crippen LogP contribution in [-0.4, -0.2) is 23.8 Å². The smallest absolute Gasteiger partial charge is 0.305 e. The van der Waals surface area contributed by atoms with Crippen LogP contribution in [0.25, 0.3) is 0 Å². The first-order chi connectivity index (χ1) is 11.1. The molecule has 4 heteroatoms. The lowest BCUT2D eigenvalue weighted by Crippen LogP contribution is -2.15. The molecule has 0 amide bonds. The van der Waals surface area contributed by atoms with Crippen molar-refractivity contribution in [2.24, 2.45) is 0 Å². The Morgan fingerprint density at radius 3 is 1.70 bits per heavy atom. The lowest BCUT2D eigenvalue weighted by molar-refractivity contribution is -0.140. The molecule has 0 heterocycles. The third-order valence-electron chi connectivity index (χ3n) is 4.31. The van der Waals surface area contributed by atoms with Crippen LogP contribution in [0.2, 0.25) is 0 Å². The van der Waals surface area contributed by atoms with Gasteiger partial charge in [0.15, 0.2) is 0 Å². The van der Waals surface area contributed by atoms with Crippen LogP contribution in [0.5, 0.6) is 0 Å². The van der Waals surface area contributed by atoms with Gasteiger partial charge in [0.25, 0.3) is 0 Å². The summed E-state index contributed by atoms with van der Waals surface area (Å²) in [5.74, 6) is -0.127. The molecule has 0 bridgehead atoms. The van der Waals surface area contributed by atoms with E-state index in [-0.39, 0.29) is 16.7 Å². The van der Waals surface area contributed by atoms with Gasteiger partial charge in [0.05, 0.1) is 7.11 Å². The van der Waals surface area contributed by atoms with Gasteiger partial charge in [-0.25, -0.2) is 0 Å². The fraction of sp³-hybridized carbons (Fsp3) is 0.947. The SMILES string of the molecule is CCCCCCCCCC[C@H](Cl)[C@@H](Cl)CCCCCC(=O)OC. The number of hydrogen-bond acceptors (Lipinski definition) is 2. The quantitative estimate of drug-likeness (QED) is 0.169. The molecule has 138 valence electrons. The molecular formula is C19H36Cl2O2. The summed E-state index contributed by atoms with van der Waals surface area (Å²) in [6.45, 7) is 2.25. The van der Waals surface area contributed by atoms with Gasteiger partial charge in [-0.3, -0.25) is 4.79 Å². The molecule has 0 radical (unpaired) electrons. The summed E-state index contributed by atoms with van der Waals surface area (Å²) in [6.07, 6.45) is 16.0. The third kappa shape index (κ3) is 15.3. The summed E-state index contributed by atoms with van der Waals surface area (Å²) in [5, 5.41) is 0.136. The Morgan fingerprint density at radius 1 is 0.783 bits per heavy atom. The first-order valence-electron chi connectivity index (χ1n) is 9.46. The molecule has 2 nitrogen and oxygen atoms in total. The number of carbonyl (C=O) groups excluding carboxylic acids is 1. The molecule has 0 aromatic carbocycles. The monoisotopic (exact) mass is 366 g/mol. The predicted octanol–water partition coefficient (Wildman–Crippen LogP) is 6.86. The van der Waals surface area contributed by atoms with E-state index < -0.39 is 0 Å². The average molecular weight is 367 g/mol. The Bertz CT molecular complexity index is 272. The van der Waals surface area contributed by atoms with Crippen molar-refractivity contribution in [3.63, 3.8) is 0 Å². The standard InChI is InChI=1S/C19H36Cl2O2/c1-3-4-5-6-7-8-9-11-14-17(20)18(21)15-12-10-13-16-19(22)23-2/h17-18H,3-16H2,1-2H3/t17-,18-/m0/s1. The fourth-order valence-electron chi connectivity index (χ4n) is 2.72. The van der Waals surface area contributed by atoms with Crippen LogP contribution >= 0.6 is 23.2 Å². The third-order valence-corrected chi connectivity index (χ3v) is 5.49. The van der Waals surface area contributed by atoms with E-state index in [1.54, 1.807) is 0 Å². The van der Waals surface area contributed by atoms with E-state index in [1.165, 1.54) is 58.5 Å². The van der Waals surface area contributed by atoms with Gasteiger partial charge in [0.2, 0.25) is 0 Å². The predicted molar refractivity (Wildman–Crippen MR) is 102 cm³/mol. The Kier molecular flexibility index (Phi) is 16.9. The Morgan fingerprint density at radius 2 is 1.22 bits per heavy atom. The Balaban J connectivity index is 3.41. The van der Waals surface area contributed by atoms with Crippen LogP contribution in [0, 0.1) is 0 Å². The molecule has 0 saturated heterocycles. The molecule has 0 aliphatic heterocycles. The lowest BCUT2D eigenvalue weighted by Gasteiger charge is -2.15. The highest BCUT2D eigenvalue weighted by Gasteiger charge is 2.15. The largest absolute Gasteiger partial charge is 0.469 e. The van der Waals surface area contributed by atoms with E-state index in [0.717, 1.165) is 32.1 Å². The van der Waals surface area contributed by atoms with Crippen molar-refractivity contribution >= 4 is 29.2 Å². The van der Waals surface area contributed by atoms with Gasteiger partial charge in [0, 0.05) is 17.2 Å². The van der Waals surface area contributed by atoms with E-state index in [4.69, 9.17) is 23.2 Å². The van der Waals surface area contributed by atoms with Gasteiger partial charge < -0.3 is 4.74 Å². The van der Waals surface area contributed by atoms with Crippen molar-refractivity contribution in [3.8, 4) is 0 Å². The molecule has 0 N–H and O–H groups in total. The molecule has 0 aliphatic carbocycles. The molecule has 0 unspecified atom stereocenters. The van der Waals surface area contributed by atoms with Gasteiger partial charge in [0.1, 0.15) is 0 Å². The second-order valence-electron chi connectivity index (χ2n) is 6.47. The minimum absolute atomic E-state index is 0.0550. The van der Waals surface area contributed by atoms with Crippen LogP contribution in [0.4, 0.5) is 0 Å². The first-order valence-corrected chi connectivity index (χ1v) is 10.3. The fourth-order valence-corrected chi connectivity index (χ4v) is 3.28. The molecule has 0 aromatic rings. The molecule has 2 atom stereocenters. The second kappa shape index (κ2) is 16.9. The van der Waals surface area contributed by atoms with Gasteiger partial charge in [-0.05, 0) is 19.3 Å². The van der Waals surface area contributed by atoms with Crippen LogP contribution in [-0.2, 0) is 9.53 Å². The zero-order valence-corrected chi connectivity index (χ0v) is 16.6. The summed E-state index contributed by atoms with van der Waals surface area (Å²) in [5.41, 5.74) is 0. The Hall–Kier alpha value is 0.0500. The van der Waals surface area contributed by atoms with E-state index in [2.05, 4.69) is 11.7 Å². The zero-order valence-electron chi connectivity index (χ0n) is 15.1. The van der Waals surface area contributed by atoms with Crippen LogP contribution in [0.15, 0.2) is 0 Å². The number of unbranched alkanes of at least 4 members (excludes halogenated alkanes) is 9. The van der Waals surface area contributed by atoms with Gasteiger partial charge in [-0.15, -0.1) is 23.2 Å². The number of carbonyl (C=O) groups is 1. The van der Waals surface area contributed by atoms with Gasteiger partial charge >= 0.3 is 5.97 Å². The maximum Gasteiger partial charge on any atom is 0.305 e. The number of halogens is 2. The van der Waals surface area contributed by atoms with Crippen molar-refractivity contribution in [2.45, 2.75) is 108 Å². The topological polar surface area (TPSA) is 26.3 Å². The summed E-state index contributed by atoms with van der Waals surface area (Å²) in [6, 6.07) is 0. The molecule has 0 spiro atoms. The highest BCUT2D eigenvalue weighted by Crippen LogP contribution is 2.22. The van der Waals surface area contributed by atoms with E-state index in [1.807, 2.05) is 0 Å². The maximum atomic E-state index is 11.0. The molecule has 0 aromatic heterocycles. The van der Waals surface area contributed by atoms with Crippen LogP contribution in [0.3, 0.4) is 0 Å². The minimum Gasteiger partial charge on any atom is -0.469 e. The van der Waals surface area contributed by atoms with E-state index in [9.17, 15) is 4.79 Å². The van der Waals surface area contributed by atoms with E-state index in [0.29, 0.717) is 6.42 Å². The van der Waals surface area contributed by atoms with Crippen molar-refractivity contribution < 1.29 is 9.53 Å². The number of hydrogen-bond donors (Lipinski definition) is 0. The summed E-state index contributed by atoms with van der Waals surface area (Å²) >= 11 is 12.8. The summed E-state index contributed by atoms with van der Waals surface area (Å²) in [4.78, 5) is 11.0. The molecular weight excluding hydrogens is 331 g/mol. The Labute approximate surface area is 153 Å². The summed E-state index contributed by atoms with van der Waals surface area (Å²) < 4.78 is 4.62. The molecule has 0 fully saturated rings. The van der Waals surface area contributed by atoms with E-state index >= 15 is 0 Å². The lowest BCUT2D eigenvalue weighted by atomic mass is 10.0. The van der Waals surface area contributed by atoms with Crippen molar-refractivity contribution in [3.05, 3.63) is 0 Å². The number of methoxy groups -OCH3 is 1. The highest BCUT2D eigenvalue weighted by molar-refractivity contribution is 6.29. The molecule has 0 aliphatic rings. The van der Waals surface area contributed by atoms with Gasteiger partial charge in [-0.2, -0.15) is 0 Å². The number of alkyl halides is 2. The minimum atomic E-state index is -0.127. The van der Waals surface area contributed by atoms with Crippen molar-refractivity contribution in [1.29, 1.82) is 0 Å². The molecule has 0 saturated carbocycles. The molecule has 23 heavy (non-hydrogen) atoms. The van der Waals surface area contributed by atoms with Crippen molar-refractivity contribution in [2.75, 3.05) is 7.11 Å². The van der Waals surface area contributed by atoms with Crippen LogP contribution in [0.1, 0.15) is 96.8 Å². The maximum absolute atomic E-state index is 11.0. The van der Waals surface area contributed by atoms with Crippen LogP contribution < -0.4 is 0 Å². The van der Waals surface area contributed by atoms with Crippen molar-refractivity contribution in [1.82, 2.24) is 0 Å².